The fourth-order valence-electron chi connectivity index (χ4n) is 3.78. The van der Waals surface area contributed by atoms with Crippen LogP contribution in [-0.4, -0.2) is 60.1 Å². The van der Waals surface area contributed by atoms with Crippen LogP contribution in [0.1, 0.15) is 42.1 Å². The standard InChI is InChI=1S/C25H30ClN3O3/c1-2-5-19-8-10-20(11-9-19)23(30)12-13-25(32)29-16-14-28(15-17-29)18-24(31)27-22-7-4-3-6-21(22)26/h3-4,6-11H,2,5,12-18H2,1H3,(H,27,31). The molecule has 0 atom stereocenters. The first kappa shape index (κ1) is 24.0. The summed E-state index contributed by atoms with van der Waals surface area (Å²) in [6.07, 6.45) is 2.50. The Bertz CT molecular complexity index is 938. The number of nitrogens with one attached hydrogen (secondary N) is 1. The second-order valence-corrected chi connectivity index (χ2v) is 8.46. The van der Waals surface area contributed by atoms with Gasteiger partial charge in [0.2, 0.25) is 11.8 Å². The molecule has 1 aliphatic heterocycles. The summed E-state index contributed by atoms with van der Waals surface area (Å²) < 4.78 is 0. The van der Waals surface area contributed by atoms with Crippen LogP contribution < -0.4 is 5.32 Å². The van der Waals surface area contributed by atoms with Crippen LogP contribution in [0.25, 0.3) is 0 Å². The molecular weight excluding hydrogens is 426 g/mol. The summed E-state index contributed by atoms with van der Waals surface area (Å²) in [5.74, 6) is -0.147. The van der Waals surface area contributed by atoms with E-state index in [1.54, 1.807) is 17.0 Å². The minimum Gasteiger partial charge on any atom is -0.340 e. The normalized spacial score (nSPS) is 14.2. The van der Waals surface area contributed by atoms with Crippen LogP contribution >= 0.6 is 11.6 Å². The fraction of sp³-hybridized carbons (Fsp3) is 0.400. The Labute approximate surface area is 194 Å². The van der Waals surface area contributed by atoms with Crippen LogP contribution in [0.4, 0.5) is 5.69 Å². The SMILES string of the molecule is CCCc1ccc(C(=O)CCC(=O)N2CCN(CC(=O)Nc3ccccc3Cl)CC2)cc1. The molecule has 6 nitrogen and oxygen atoms in total. The summed E-state index contributed by atoms with van der Waals surface area (Å²) in [5.41, 5.74) is 2.48. The van der Waals surface area contributed by atoms with E-state index in [0.717, 1.165) is 12.8 Å². The van der Waals surface area contributed by atoms with Gasteiger partial charge in [0, 0.05) is 44.6 Å². The molecular formula is C25H30ClN3O3. The maximum atomic E-state index is 12.5. The number of carbonyl (C=O) groups is 3. The van der Waals surface area contributed by atoms with Crippen molar-refractivity contribution in [2.75, 3.05) is 38.0 Å². The number of carbonyl (C=O) groups excluding carboxylic acids is 3. The lowest BCUT2D eigenvalue weighted by atomic mass is 10.0. The Hall–Kier alpha value is -2.70. The van der Waals surface area contributed by atoms with Gasteiger partial charge in [-0.1, -0.05) is 61.3 Å². The van der Waals surface area contributed by atoms with Crippen molar-refractivity contribution in [3.05, 3.63) is 64.7 Å². The van der Waals surface area contributed by atoms with Gasteiger partial charge >= 0.3 is 0 Å². The number of amides is 2. The molecule has 2 aromatic rings. The molecule has 1 fully saturated rings. The number of benzene rings is 2. The Balaban J connectivity index is 1.39. The van der Waals surface area contributed by atoms with Crippen molar-refractivity contribution < 1.29 is 14.4 Å². The van der Waals surface area contributed by atoms with Gasteiger partial charge in [0.05, 0.1) is 17.3 Å². The third-order valence-electron chi connectivity index (χ3n) is 5.62. The molecule has 1 N–H and O–H groups in total. The van der Waals surface area contributed by atoms with Gasteiger partial charge in [-0.25, -0.2) is 0 Å². The van der Waals surface area contributed by atoms with E-state index < -0.39 is 0 Å². The van der Waals surface area contributed by atoms with Crippen molar-refractivity contribution in [1.82, 2.24) is 9.80 Å². The minimum atomic E-state index is -0.131. The van der Waals surface area contributed by atoms with Gasteiger partial charge in [0.25, 0.3) is 0 Å². The summed E-state index contributed by atoms with van der Waals surface area (Å²) in [5, 5.41) is 3.32. The van der Waals surface area contributed by atoms with Crippen molar-refractivity contribution in [3.63, 3.8) is 0 Å². The topological polar surface area (TPSA) is 69.7 Å². The highest BCUT2D eigenvalue weighted by molar-refractivity contribution is 6.33. The molecule has 1 heterocycles. The average molecular weight is 456 g/mol. The zero-order valence-corrected chi connectivity index (χ0v) is 19.2. The van der Waals surface area contributed by atoms with Crippen LogP contribution in [0, 0.1) is 0 Å². The van der Waals surface area contributed by atoms with Crippen molar-refractivity contribution in [3.8, 4) is 0 Å². The highest BCUT2D eigenvalue weighted by Crippen LogP contribution is 2.20. The number of hydrogen-bond donors (Lipinski definition) is 1. The van der Waals surface area contributed by atoms with Gasteiger partial charge in [-0.15, -0.1) is 0 Å². The zero-order chi connectivity index (χ0) is 22.9. The van der Waals surface area contributed by atoms with E-state index in [0.29, 0.717) is 42.5 Å². The number of aryl methyl sites for hydroxylation is 1. The van der Waals surface area contributed by atoms with E-state index in [1.165, 1.54) is 5.56 Å². The molecule has 2 amide bonds. The lowest BCUT2D eigenvalue weighted by molar-refractivity contribution is -0.133. The third-order valence-corrected chi connectivity index (χ3v) is 5.95. The number of halogens is 1. The molecule has 32 heavy (non-hydrogen) atoms. The molecule has 0 aliphatic carbocycles. The Morgan fingerprint density at radius 1 is 0.938 bits per heavy atom. The third kappa shape index (κ3) is 6.90. The van der Waals surface area contributed by atoms with Crippen LogP contribution in [0.5, 0.6) is 0 Å². The quantitative estimate of drug-likeness (QED) is 0.579. The van der Waals surface area contributed by atoms with E-state index in [4.69, 9.17) is 11.6 Å². The second-order valence-electron chi connectivity index (χ2n) is 8.06. The number of rotatable bonds is 9. The number of hydrogen-bond acceptors (Lipinski definition) is 4. The lowest BCUT2D eigenvalue weighted by Gasteiger charge is -2.34. The monoisotopic (exact) mass is 455 g/mol. The van der Waals surface area contributed by atoms with Gasteiger partial charge in [0.15, 0.2) is 5.78 Å². The minimum absolute atomic E-state index is 0.00345. The molecule has 1 aliphatic rings. The molecule has 7 heteroatoms. The summed E-state index contributed by atoms with van der Waals surface area (Å²) in [4.78, 5) is 41.0. The summed E-state index contributed by atoms with van der Waals surface area (Å²) in [6.45, 7) is 4.72. The second kappa shape index (κ2) is 11.8. The first-order valence-electron chi connectivity index (χ1n) is 11.1. The Morgan fingerprint density at radius 3 is 2.28 bits per heavy atom. The van der Waals surface area contributed by atoms with E-state index in [2.05, 4.69) is 12.2 Å². The average Bonchev–Trinajstić information content (AvgIpc) is 2.80. The maximum Gasteiger partial charge on any atom is 0.238 e. The molecule has 2 aromatic carbocycles. The van der Waals surface area contributed by atoms with Crippen LogP contribution in [0.2, 0.25) is 5.02 Å². The van der Waals surface area contributed by atoms with E-state index in [9.17, 15) is 14.4 Å². The van der Waals surface area contributed by atoms with E-state index >= 15 is 0 Å². The Kier molecular flexibility index (Phi) is 8.82. The lowest BCUT2D eigenvalue weighted by Crippen LogP contribution is -2.50. The zero-order valence-electron chi connectivity index (χ0n) is 18.5. The van der Waals surface area contributed by atoms with Gasteiger partial charge in [-0.05, 0) is 24.1 Å². The van der Waals surface area contributed by atoms with Crippen molar-refractivity contribution in [2.24, 2.45) is 0 Å². The first-order chi connectivity index (χ1) is 15.5. The highest BCUT2D eigenvalue weighted by Gasteiger charge is 2.23. The summed E-state index contributed by atoms with van der Waals surface area (Å²) >= 11 is 6.08. The van der Waals surface area contributed by atoms with Crippen molar-refractivity contribution in [2.45, 2.75) is 32.6 Å². The molecule has 1 saturated heterocycles. The molecule has 0 bridgehead atoms. The smallest absolute Gasteiger partial charge is 0.238 e. The molecule has 3 rings (SSSR count). The number of ketones is 1. The molecule has 0 saturated carbocycles. The maximum absolute atomic E-state index is 12.5. The van der Waals surface area contributed by atoms with Gasteiger partial charge in [0.1, 0.15) is 0 Å². The highest BCUT2D eigenvalue weighted by atomic mass is 35.5. The van der Waals surface area contributed by atoms with Crippen molar-refractivity contribution >= 4 is 34.9 Å². The number of para-hydroxylation sites is 1. The fourth-order valence-corrected chi connectivity index (χ4v) is 3.96. The molecule has 0 spiro atoms. The van der Waals surface area contributed by atoms with Gasteiger partial charge < -0.3 is 10.2 Å². The number of Topliss-reactive ketones (excluding diaryl/α,β-unsaturated/α-hetero) is 1. The van der Waals surface area contributed by atoms with Crippen LogP contribution in [0.3, 0.4) is 0 Å². The van der Waals surface area contributed by atoms with Crippen LogP contribution in [-0.2, 0) is 16.0 Å². The largest absolute Gasteiger partial charge is 0.340 e. The van der Waals surface area contributed by atoms with Gasteiger partial charge in [-0.3, -0.25) is 19.3 Å². The summed E-state index contributed by atoms with van der Waals surface area (Å²) in [7, 11) is 0. The molecule has 0 unspecified atom stereocenters. The predicted molar refractivity (Wildman–Crippen MR) is 127 cm³/mol. The summed E-state index contributed by atoms with van der Waals surface area (Å²) in [6, 6.07) is 14.8. The first-order valence-corrected chi connectivity index (χ1v) is 11.5. The predicted octanol–water partition coefficient (Wildman–Crippen LogP) is 4.04. The Morgan fingerprint density at radius 2 is 1.62 bits per heavy atom. The van der Waals surface area contributed by atoms with Crippen molar-refractivity contribution in [1.29, 1.82) is 0 Å². The van der Waals surface area contributed by atoms with Gasteiger partial charge in [-0.2, -0.15) is 0 Å². The number of nitrogens with zero attached hydrogens (tertiary/aromatic N) is 2. The number of piperazine rings is 1. The van der Waals surface area contributed by atoms with E-state index in [-0.39, 0.29) is 37.0 Å². The van der Waals surface area contributed by atoms with Crippen LogP contribution in [0.15, 0.2) is 48.5 Å². The molecule has 0 radical (unpaired) electrons. The molecule has 170 valence electrons. The molecule has 0 aromatic heterocycles. The van der Waals surface area contributed by atoms with E-state index in [1.807, 2.05) is 41.3 Å². The number of anilines is 1.